The zero-order chi connectivity index (χ0) is 57.9. The van der Waals surface area contributed by atoms with E-state index in [4.69, 9.17) is 41.5 Å². The number of rotatable bonds is 16. The number of benzene rings is 4. The highest BCUT2D eigenvalue weighted by Crippen LogP contribution is 2.50. The highest BCUT2D eigenvalue weighted by atomic mass is 35.5. The summed E-state index contributed by atoms with van der Waals surface area (Å²) in [4.78, 5) is 41.3. The lowest BCUT2D eigenvalue weighted by Crippen LogP contribution is -2.51. The number of fused-ring (bicyclic) bond motifs is 4. The number of nitrogens with two attached hydrogens (primary N) is 1. The number of nitrogen functional groups attached to an aromatic ring is 1. The molecule has 5 N–H and O–H groups in total. The Balaban J connectivity index is 0.000000232. The lowest BCUT2D eigenvalue weighted by Gasteiger charge is -2.34. The second kappa shape index (κ2) is 24.9. The van der Waals surface area contributed by atoms with Crippen molar-refractivity contribution in [3.05, 3.63) is 125 Å². The Morgan fingerprint density at radius 2 is 1.75 bits per heavy atom. The standard InChI is InChI=1S/C42H43ClFN9O3S.C19H20FN3O3/c1-22(2)23(3)53-20-34(50-51-53)25-6-4-24(5-7-25)21-55-38-36(29-10-11-33(44)39-35(29)31(17-45)40(46)57-39)32(43)16-30-37(38)48-42(56-28-12-14-54-15-13-28)49-41(30)52-18-26-8-9-27(19-52)47-26;20-15-3-1-9-21-18(15)14-7-5-13(6-8-14)16(11-24)22-19(26)17-4-2-10-23(17)12-25/h4-7,10-11,16,20,22-23,26-28,47H,8-9,12-15,18-19,21,46H2,1-3H3;1,3,5-9,12,16-17,24H,2,4,10-11H2,(H,22,26). The number of thiophene rings is 1. The highest BCUT2D eigenvalue weighted by Gasteiger charge is 2.36. The molecule has 4 aliphatic rings. The number of aliphatic hydroxyl groups is 1. The normalized spacial score (nSPS) is 18.7. The van der Waals surface area contributed by atoms with E-state index in [1.165, 1.54) is 29.3 Å². The van der Waals surface area contributed by atoms with E-state index in [-0.39, 0.29) is 58.2 Å². The number of anilines is 2. The summed E-state index contributed by atoms with van der Waals surface area (Å²) in [6, 6.07) is 24.8. The molecule has 4 fully saturated rings. The van der Waals surface area contributed by atoms with Gasteiger partial charge in [0.1, 0.15) is 64.2 Å². The van der Waals surface area contributed by atoms with Gasteiger partial charge in [-0.05, 0) is 79.5 Å². The molecule has 0 radical (unpaired) electrons. The summed E-state index contributed by atoms with van der Waals surface area (Å²) in [5.41, 5.74) is 12.1. The fourth-order valence-corrected chi connectivity index (χ4v) is 12.5. The first-order valence-electron chi connectivity index (χ1n) is 28.0. The van der Waals surface area contributed by atoms with E-state index < -0.39 is 23.7 Å². The number of ether oxygens (including phenoxy) is 3. The van der Waals surface area contributed by atoms with Crippen LogP contribution >= 0.6 is 22.9 Å². The van der Waals surface area contributed by atoms with Crippen molar-refractivity contribution in [1.29, 1.82) is 5.26 Å². The van der Waals surface area contributed by atoms with E-state index in [2.05, 4.69) is 57.7 Å². The number of carbonyl (C=O) groups excluding carboxylic acids is 2. The first-order valence-corrected chi connectivity index (χ1v) is 29.2. The molecule has 4 aromatic carbocycles. The lowest BCUT2D eigenvalue weighted by atomic mass is 9.96. The zero-order valence-corrected chi connectivity index (χ0v) is 47.7. The Morgan fingerprint density at radius 1 is 1.00 bits per heavy atom. The molecule has 18 nitrogen and oxygen atoms in total. The Kier molecular flexibility index (Phi) is 17.1. The van der Waals surface area contributed by atoms with Crippen LogP contribution in [-0.4, -0.2) is 116 Å². The summed E-state index contributed by atoms with van der Waals surface area (Å²) in [6.07, 6.45) is 9.07. The molecule has 12 rings (SSSR count). The molecular weight excluding hydrogens is 1100 g/mol. The summed E-state index contributed by atoms with van der Waals surface area (Å²) in [5, 5.41) is 36.8. The number of nitrogens with one attached hydrogen (secondary N) is 2. The highest BCUT2D eigenvalue weighted by molar-refractivity contribution is 7.23. The third-order valence-corrected chi connectivity index (χ3v) is 17.4. The van der Waals surface area contributed by atoms with Crippen molar-refractivity contribution < 1.29 is 37.7 Å². The Labute approximate surface area is 487 Å². The zero-order valence-electron chi connectivity index (χ0n) is 46.1. The van der Waals surface area contributed by atoms with Crippen LogP contribution in [0, 0.1) is 28.9 Å². The van der Waals surface area contributed by atoms with Gasteiger partial charge in [-0.15, -0.1) is 16.4 Å². The van der Waals surface area contributed by atoms with Crippen molar-refractivity contribution in [1.82, 2.24) is 45.5 Å². The number of nitriles is 1. The molecule has 8 heterocycles. The minimum absolute atomic E-state index is 0.114. The van der Waals surface area contributed by atoms with Gasteiger partial charge in [-0.1, -0.05) is 85.3 Å². The smallest absolute Gasteiger partial charge is 0.319 e. The van der Waals surface area contributed by atoms with E-state index >= 15 is 4.39 Å². The summed E-state index contributed by atoms with van der Waals surface area (Å²) >= 11 is 8.38. The minimum Gasteiger partial charge on any atom is -0.486 e. The Hall–Kier alpha value is -7.87. The van der Waals surface area contributed by atoms with Crippen LogP contribution in [0.25, 0.3) is 54.6 Å². The Morgan fingerprint density at radius 3 is 2.45 bits per heavy atom. The number of halogens is 3. The molecule has 430 valence electrons. The molecule has 8 aromatic rings. The van der Waals surface area contributed by atoms with Crippen molar-refractivity contribution in [2.45, 2.75) is 102 Å². The summed E-state index contributed by atoms with van der Waals surface area (Å²) < 4.78 is 50.4. The van der Waals surface area contributed by atoms with Crippen LogP contribution in [0.15, 0.2) is 91.3 Å². The maximum atomic E-state index is 15.4. The molecule has 0 saturated carbocycles. The second-order valence-corrected chi connectivity index (χ2v) is 23.2. The van der Waals surface area contributed by atoms with E-state index in [0.717, 1.165) is 73.4 Å². The van der Waals surface area contributed by atoms with Crippen LogP contribution in [0.2, 0.25) is 5.02 Å². The summed E-state index contributed by atoms with van der Waals surface area (Å²) in [5.74, 6) is 0.321. The van der Waals surface area contributed by atoms with Crippen LogP contribution in [0.4, 0.5) is 19.6 Å². The molecule has 0 spiro atoms. The maximum absolute atomic E-state index is 15.4. The number of amides is 2. The van der Waals surface area contributed by atoms with Crippen LogP contribution in [-0.2, 0) is 20.9 Å². The monoisotopic (exact) mass is 1160 g/mol. The first-order chi connectivity index (χ1) is 40.3. The fourth-order valence-electron chi connectivity index (χ4n) is 11.3. The number of piperazine rings is 1. The largest absolute Gasteiger partial charge is 0.486 e. The molecule has 22 heteroatoms. The third kappa shape index (κ3) is 12.0. The second-order valence-electron chi connectivity index (χ2n) is 21.8. The lowest BCUT2D eigenvalue weighted by molar-refractivity contribution is -0.131. The third-order valence-electron chi connectivity index (χ3n) is 16.1. The number of likely N-dealkylation sites (tertiary alicyclic amines) is 1. The van der Waals surface area contributed by atoms with Crippen molar-refractivity contribution in [3.8, 4) is 51.5 Å². The van der Waals surface area contributed by atoms with Crippen LogP contribution in [0.1, 0.15) is 88.1 Å². The van der Waals surface area contributed by atoms with E-state index in [9.17, 15) is 24.3 Å². The molecule has 5 unspecified atom stereocenters. The van der Waals surface area contributed by atoms with Gasteiger partial charge in [-0.3, -0.25) is 14.6 Å². The van der Waals surface area contributed by atoms with Gasteiger partial charge in [0, 0.05) is 78.2 Å². The summed E-state index contributed by atoms with van der Waals surface area (Å²) in [6.45, 7) is 9.61. The maximum Gasteiger partial charge on any atom is 0.319 e. The van der Waals surface area contributed by atoms with E-state index in [1.54, 1.807) is 30.3 Å². The van der Waals surface area contributed by atoms with Gasteiger partial charge in [0.15, 0.2) is 5.75 Å². The molecule has 0 aliphatic carbocycles. The van der Waals surface area contributed by atoms with Crippen molar-refractivity contribution in [3.63, 3.8) is 0 Å². The fraction of sp³-hybridized carbons (Fsp3) is 0.377. The minimum atomic E-state index is -0.598. The average molecular weight is 1170 g/mol. The van der Waals surface area contributed by atoms with Gasteiger partial charge >= 0.3 is 6.01 Å². The molecular formula is C61H63ClF2N12O6S. The van der Waals surface area contributed by atoms with Gasteiger partial charge in [-0.25, -0.2) is 13.5 Å². The van der Waals surface area contributed by atoms with Gasteiger partial charge in [-0.2, -0.15) is 15.2 Å². The number of nitrogens with zero attached hydrogens (tertiary/aromatic N) is 9. The first kappa shape index (κ1) is 57.0. The molecule has 5 atom stereocenters. The number of aliphatic hydroxyl groups excluding tert-OH is 1. The van der Waals surface area contributed by atoms with Crippen molar-refractivity contribution >= 4 is 67.1 Å². The predicted molar refractivity (Wildman–Crippen MR) is 314 cm³/mol. The van der Waals surface area contributed by atoms with E-state index in [1.807, 2.05) is 41.2 Å². The molecule has 2 amide bonds. The van der Waals surface area contributed by atoms with Crippen molar-refractivity contribution in [2.75, 3.05) is 50.1 Å². The number of hydrogen-bond acceptors (Lipinski definition) is 16. The average Bonchev–Trinajstić information content (AvgIpc) is 4.10. The number of pyridine rings is 1. The Bertz CT molecular complexity index is 3690. The molecule has 2 bridgehead atoms. The van der Waals surface area contributed by atoms with Crippen LogP contribution in [0.3, 0.4) is 0 Å². The van der Waals surface area contributed by atoms with Crippen LogP contribution < -0.4 is 30.7 Å². The molecule has 83 heavy (non-hydrogen) atoms. The van der Waals surface area contributed by atoms with Gasteiger partial charge in [0.05, 0.1) is 53.4 Å². The SMILES string of the molecule is CC(C)C(C)n1cc(-c2ccc(COc3c(-c4ccc(F)c5sc(N)c(C#N)c45)c(Cl)cc4c(N5CC6CCC(C5)N6)nc(OC5CCOCC5)nc34)cc2)nn1.O=CN1CCCC1C(=O)NC(CO)c1ccc(-c2ncccc2F)cc1. The summed E-state index contributed by atoms with van der Waals surface area (Å²) in [7, 11) is 0. The predicted octanol–water partition coefficient (Wildman–Crippen LogP) is 9.97. The quantitative estimate of drug-likeness (QED) is 0.0660. The topological polar surface area (TPSA) is 232 Å². The molecule has 4 aromatic heterocycles. The number of aromatic nitrogens is 6. The van der Waals surface area contributed by atoms with Crippen LogP contribution in [0.5, 0.6) is 11.8 Å². The van der Waals surface area contributed by atoms with Crippen molar-refractivity contribution in [2.24, 2.45) is 5.92 Å². The van der Waals surface area contributed by atoms with Gasteiger partial charge in [0.25, 0.3) is 0 Å². The van der Waals surface area contributed by atoms with Gasteiger partial charge < -0.3 is 45.5 Å². The van der Waals surface area contributed by atoms with Gasteiger partial charge in [0.2, 0.25) is 12.3 Å². The molecule has 4 saturated heterocycles. The number of hydrogen-bond donors (Lipinski definition) is 4. The molecule has 4 aliphatic heterocycles. The van der Waals surface area contributed by atoms with E-state index in [0.29, 0.717) is 106 Å². The number of carbonyl (C=O) groups is 2.